The van der Waals surface area contributed by atoms with E-state index in [4.69, 9.17) is 4.74 Å². The Hall–Kier alpha value is -2.12. The normalized spacial score (nSPS) is 16.6. The molecule has 1 fully saturated rings. The zero-order chi connectivity index (χ0) is 16.7. The first-order valence-corrected chi connectivity index (χ1v) is 7.68. The Morgan fingerprint density at radius 2 is 2.13 bits per heavy atom. The summed E-state index contributed by atoms with van der Waals surface area (Å²) in [5.74, 6) is 0.335. The van der Waals surface area contributed by atoms with Crippen molar-refractivity contribution in [2.45, 2.75) is 6.42 Å². The van der Waals surface area contributed by atoms with Crippen molar-refractivity contribution >= 4 is 12.1 Å². The average molecular weight is 320 g/mol. The smallest absolute Gasteiger partial charge is 0.241 e. The van der Waals surface area contributed by atoms with Gasteiger partial charge >= 0.3 is 0 Å². The van der Waals surface area contributed by atoms with Gasteiger partial charge in [0.15, 0.2) is 11.5 Å². The van der Waals surface area contributed by atoms with Crippen LogP contribution in [0.2, 0.25) is 0 Å². The highest BCUT2D eigenvalue weighted by molar-refractivity contribution is 5.83. The number of hydrogen-bond acceptors (Lipinski definition) is 6. The molecule has 1 aromatic rings. The highest BCUT2D eigenvalue weighted by Gasteiger charge is 2.14. The van der Waals surface area contributed by atoms with Gasteiger partial charge in [-0.3, -0.25) is 4.79 Å². The number of hydrogen-bond donors (Lipinski definition) is 2. The zero-order valence-corrected chi connectivity index (χ0v) is 13.7. The number of nitrogens with zero attached hydrogens (tertiary/aromatic N) is 3. The first kappa shape index (κ1) is 17.2. The number of likely N-dealkylation sites (N-methyl/N-ethyl adjacent to an activating group) is 1. The number of phenols is 1. The van der Waals surface area contributed by atoms with Gasteiger partial charge in [0.05, 0.1) is 13.3 Å². The van der Waals surface area contributed by atoms with Crippen molar-refractivity contribution < 1.29 is 14.6 Å². The molecule has 0 saturated carbocycles. The molecule has 0 radical (unpaired) electrons. The van der Waals surface area contributed by atoms with Gasteiger partial charge in [0, 0.05) is 39.1 Å². The van der Waals surface area contributed by atoms with Crippen LogP contribution in [0.4, 0.5) is 0 Å². The van der Waals surface area contributed by atoms with E-state index in [1.807, 2.05) is 0 Å². The maximum absolute atomic E-state index is 11.8. The summed E-state index contributed by atoms with van der Waals surface area (Å²) in [7, 11) is 3.59. The van der Waals surface area contributed by atoms with E-state index in [1.54, 1.807) is 12.1 Å². The molecule has 1 saturated heterocycles. The Labute approximate surface area is 136 Å². The van der Waals surface area contributed by atoms with Crippen molar-refractivity contribution in [1.29, 1.82) is 0 Å². The molecule has 1 aliphatic heterocycles. The van der Waals surface area contributed by atoms with E-state index in [0.717, 1.165) is 38.3 Å². The first-order valence-electron chi connectivity index (χ1n) is 7.68. The molecule has 0 unspecified atom stereocenters. The average Bonchev–Trinajstić information content (AvgIpc) is 2.56. The second-order valence-electron chi connectivity index (χ2n) is 5.62. The van der Waals surface area contributed by atoms with Crippen molar-refractivity contribution in [3.05, 3.63) is 23.8 Å². The molecule has 1 amide bonds. The van der Waals surface area contributed by atoms with Crippen LogP contribution in [0.25, 0.3) is 0 Å². The Balaban J connectivity index is 1.73. The van der Waals surface area contributed by atoms with Gasteiger partial charge in [0.1, 0.15) is 0 Å². The SMILES string of the molecule is COc1cc(C=NNC(=O)CCN2CCN(C)CC2)ccc1O. The molecule has 0 atom stereocenters. The van der Waals surface area contributed by atoms with E-state index in [1.165, 1.54) is 19.4 Å². The lowest BCUT2D eigenvalue weighted by Gasteiger charge is -2.32. The lowest BCUT2D eigenvalue weighted by atomic mass is 10.2. The van der Waals surface area contributed by atoms with Gasteiger partial charge in [0.2, 0.25) is 5.91 Å². The Morgan fingerprint density at radius 1 is 1.39 bits per heavy atom. The van der Waals surface area contributed by atoms with Gasteiger partial charge in [-0.2, -0.15) is 5.10 Å². The number of methoxy groups -OCH3 is 1. The molecular formula is C16H24N4O3. The Bertz CT molecular complexity index is 554. The quantitative estimate of drug-likeness (QED) is 0.589. The second kappa shape index (κ2) is 8.50. The van der Waals surface area contributed by atoms with Gasteiger partial charge in [-0.15, -0.1) is 0 Å². The largest absolute Gasteiger partial charge is 0.504 e. The second-order valence-corrected chi connectivity index (χ2v) is 5.62. The predicted molar refractivity (Wildman–Crippen MR) is 88.9 cm³/mol. The minimum Gasteiger partial charge on any atom is -0.504 e. The summed E-state index contributed by atoms with van der Waals surface area (Å²) in [6.07, 6.45) is 1.95. The van der Waals surface area contributed by atoms with Crippen LogP contribution in [0.1, 0.15) is 12.0 Å². The molecule has 23 heavy (non-hydrogen) atoms. The maximum Gasteiger partial charge on any atom is 0.241 e. The van der Waals surface area contributed by atoms with Crippen molar-refractivity contribution in [1.82, 2.24) is 15.2 Å². The van der Waals surface area contributed by atoms with Crippen LogP contribution in [0, 0.1) is 0 Å². The van der Waals surface area contributed by atoms with Crippen molar-refractivity contribution in [2.75, 3.05) is 46.9 Å². The van der Waals surface area contributed by atoms with Crippen LogP contribution in [-0.2, 0) is 4.79 Å². The Morgan fingerprint density at radius 3 is 2.83 bits per heavy atom. The van der Waals surface area contributed by atoms with Gasteiger partial charge in [-0.25, -0.2) is 5.43 Å². The molecule has 1 aromatic carbocycles. The summed E-state index contributed by atoms with van der Waals surface area (Å²) in [6, 6.07) is 4.86. The molecule has 0 aliphatic carbocycles. The van der Waals surface area contributed by atoms with E-state index in [0.29, 0.717) is 12.2 Å². The minimum absolute atomic E-state index is 0.0702. The number of phenolic OH excluding ortho intramolecular Hbond substituents is 1. The van der Waals surface area contributed by atoms with E-state index >= 15 is 0 Å². The molecule has 1 heterocycles. The fraction of sp³-hybridized carbons (Fsp3) is 0.500. The molecule has 2 N–H and O–H groups in total. The van der Waals surface area contributed by atoms with E-state index in [-0.39, 0.29) is 11.7 Å². The summed E-state index contributed by atoms with van der Waals surface area (Å²) < 4.78 is 5.02. The fourth-order valence-electron chi connectivity index (χ4n) is 2.34. The van der Waals surface area contributed by atoms with E-state index < -0.39 is 0 Å². The number of carbonyl (C=O) groups is 1. The van der Waals surface area contributed by atoms with Crippen molar-refractivity contribution in [3.63, 3.8) is 0 Å². The molecule has 126 valence electrons. The third kappa shape index (κ3) is 5.54. The van der Waals surface area contributed by atoms with E-state index in [9.17, 15) is 9.90 Å². The van der Waals surface area contributed by atoms with Crippen molar-refractivity contribution in [2.24, 2.45) is 5.10 Å². The third-order valence-corrected chi connectivity index (χ3v) is 3.86. The van der Waals surface area contributed by atoms with Gasteiger partial charge < -0.3 is 19.6 Å². The summed E-state index contributed by atoms with van der Waals surface area (Å²) >= 11 is 0. The lowest BCUT2D eigenvalue weighted by molar-refractivity contribution is -0.121. The minimum atomic E-state index is -0.106. The molecule has 0 spiro atoms. The predicted octanol–water partition coefficient (Wildman–Crippen LogP) is 0.488. The molecule has 2 rings (SSSR count). The standard InChI is InChI=1S/C16H24N4O3/c1-19-7-9-20(10-8-19)6-5-16(22)18-17-12-13-3-4-14(21)15(11-13)23-2/h3-4,11-12,21H,5-10H2,1-2H3,(H,18,22). The maximum atomic E-state index is 11.8. The topological polar surface area (TPSA) is 77.4 Å². The number of rotatable bonds is 6. The number of benzene rings is 1. The van der Waals surface area contributed by atoms with Gasteiger partial charge in [-0.1, -0.05) is 0 Å². The van der Waals surface area contributed by atoms with Gasteiger partial charge in [-0.05, 0) is 30.8 Å². The van der Waals surface area contributed by atoms with Crippen LogP contribution in [0.15, 0.2) is 23.3 Å². The molecule has 0 aromatic heterocycles. The zero-order valence-electron chi connectivity index (χ0n) is 13.7. The fourth-order valence-corrected chi connectivity index (χ4v) is 2.34. The molecular weight excluding hydrogens is 296 g/mol. The van der Waals surface area contributed by atoms with E-state index in [2.05, 4.69) is 27.4 Å². The summed E-state index contributed by atoms with van der Waals surface area (Å²) in [6.45, 7) is 4.84. The summed E-state index contributed by atoms with van der Waals surface area (Å²) in [4.78, 5) is 16.4. The Kier molecular flexibility index (Phi) is 6.37. The van der Waals surface area contributed by atoms with Gasteiger partial charge in [0.25, 0.3) is 0 Å². The number of aromatic hydroxyl groups is 1. The summed E-state index contributed by atoms with van der Waals surface area (Å²) in [5, 5.41) is 13.4. The summed E-state index contributed by atoms with van der Waals surface area (Å²) in [5.41, 5.74) is 3.26. The van der Waals surface area contributed by atoms with Crippen LogP contribution in [0.3, 0.4) is 0 Å². The third-order valence-electron chi connectivity index (χ3n) is 3.86. The molecule has 1 aliphatic rings. The monoisotopic (exact) mass is 320 g/mol. The number of amides is 1. The highest BCUT2D eigenvalue weighted by atomic mass is 16.5. The lowest BCUT2D eigenvalue weighted by Crippen LogP contribution is -2.45. The van der Waals surface area contributed by atoms with Crippen molar-refractivity contribution in [3.8, 4) is 11.5 Å². The number of nitrogens with one attached hydrogen (secondary N) is 1. The number of hydrazone groups is 1. The molecule has 0 bridgehead atoms. The van der Waals surface area contributed by atoms with Crippen LogP contribution in [-0.4, -0.2) is 73.9 Å². The molecule has 7 heteroatoms. The number of piperazine rings is 1. The number of ether oxygens (including phenoxy) is 1. The van der Waals surface area contributed by atoms with Crippen LogP contribution < -0.4 is 10.2 Å². The van der Waals surface area contributed by atoms with Crippen LogP contribution in [0.5, 0.6) is 11.5 Å². The first-order chi connectivity index (χ1) is 11.1. The molecule has 7 nitrogen and oxygen atoms in total. The highest BCUT2D eigenvalue weighted by Crippen LogP contribution is 2.25. The van der Waals surface area contributed by atoms with Crippen LogP contribution >= 0.6 is 0 Å². The number of carbonyl (C=O) groups excluding carboxylic acids is 1.